The molecular weight excluding hydrogens is 310 g/mol. The molecule has 23 heavy (non-hydrogen) atoms. The first-order chi connectivity index (χ1) is 11.1. The second-order valence-electron chi connectivity index (χ2n) is 5.55. The summed E-state index contributed by atoms with van der Waals surface area (Å²) < 4.78 is 7.19. The summed E-state index contributed by atoms with van der Waals surface area (Å²) in [5.74, 6) is 1.77. The maximum atomic E-state index is 5.29. The SMILES string of the molecule is COCCN(Cc1ccnn1C)c1nc(C)nc2scc(C)c12. The highest BCUT2D eigenvalue weighted by Gasteiger charge is 2.18. The summed E-state index contributed by atoms with van der Waals surface area (Å²) >= 11 is 1.67. The van der Waals surface area contributed by atoms with E-state index in [4.69, 9.17) is 9.72 Å². The van der Waals surface area contributed by atoms with Crippen LogP contribution in [0.25, 0.3) is 10.2 Å². The number of thiophene rings is 1. The molecule has 3 heterocycles. The first kappa shape index (κ1) is 15.9. The molecule has 0 saturated carbocycles. The predicted octanol–water partition coefficient (Wildman–Crippen LogP) is 2.69. The standard InChI is InChI=1S/C16H21N5OS/c1-11-10-23-16-14(11)15(18-12(2)19-16)21(7-8-22-4)9-13-5-6-17-20(13)3/h5-6,10H,7-9H2,1-4H3. The lowest BCUT2D eigenvalue weighted by molar-refractivity contribution is 0.204. The molecule has 0 bridgehead atoms. The Morgan fingerprint density at radius 2 is 2.13 bits per heavy atom. The fraction of sp³-hybridized carbons (Fsp3) is 0.438. The van der Waals surface area contributed by atoms with E-state index < -0.39 is 0 Å². The molecule has 122 valence electrons. The molecule has 7 heteroatoms. The first-order valence-electron chi connectivity index (χ1n) is 7.53. The van der Waals surface area contributed by atoms with E-state index in [9.17, 15) is 0 Å². The van der Waals surface area contributed by atoms with Crippen LogP contribution in [0.4, 0.5) is 5.82 Å². The molecule has 6 nitrogen and oxygen atoms in total. The van der Waals surface area contributed by atoms with Crippen molar-refractivity contribution in [3.8, 4) is 0 Å². The molecule has 3 aromatic rings. The molecule has 3 rings (SSSR count). The number of hydrogen-bond donors (Lipinski definition) is 0. The number of hydrogen-bond acceptors (Lipinski definition) is 6. The highest BCUT2D eigenvalue weighted by Crippen LogP contribution is 2.32. The molecule has 0 fully saturated rings. The van der Waals surface area contributed by atoms with Gasteiger partial charge >= 0.3 is 0 Å². The third-order valence-electron chi connectivity index (χ3n) is 3.85. The van der Waals surface area contributed by atoms with Crippen molar-refractivity contribution in [2.75, 3.05) is 25.2 Å². The Morgan fingerprint density at radius 3 is 2.83 bits per heavy atom. The van der Waals surface area contributed by atoms with Crippen LogP contribution in [-0.2, 0) is 18.3 Å². The van der Waals surface area contributed by atoms with Crippen LogP contribution >= 0.6 is 11.3 Å². The van der Waals surface area contributed by atoms with Crippen LogP contribution in [-0.4, -0.2) is 40.0 Å². The zero-order valence-corrected chi connectivity index (χ0v) is 14.7. The minimum Gasteiger partial charge on any atom is -0.383 e. The quantitative estimate of drug-likeness (QED) is 0.695. The Hall–Kier alpha value is -1.99. The molecule has 0 amide bonds. The largest absolute Gasteiger partial charge is 0.383 e. The van der Waals surface area contributed by atoms with Gasteiger partial charge < -0.3 is 9.64 Å². The van der Waals surface area contributed by atoms with Crippen molar-refractivity contribution in [1.82, 2.24) is 19.7 Å². The Balaban J connectivity index is 2.05. The summed E-state index contributed by atoms with van der Waals surface area (Å²) in [5, 5.41) is 7.54. The second-order valence-corrected chi connectivity index (χ2v) is 6.41. The van der Waals surface area contributed by atoms with E-state index >= 15 is 0 Å². The molecule has 0 aliphatic heterocycles. The highest BCUT2D eigenvalue weighted by atomic mass is 32.1. The van der Waals surface area contributed by atoms with Gasteiger partial charge in [-0.3, -0.25) is 4.68 Å². The fourth-order valence-corrected chi connectivity index (χ4v) is 3.57. The van der Waals surface area contributed by atoms with E-state index in [0.717, 1.165) is 40.6 Å². The van der Waals surface area contributed by atoms with E-state index in [-0.39, 0.29) is 0 Å². The van der Waals surface area contributed by atoms with Crippen LogP contribution in [0.2, 0.25) is 0 Å². The molecule has 0 unspecified atom stereocenters. The number of aromatic nitrogens is 4. The minimum absolute atomic E-state index is 0.644. The van der Waals surface area contributed by atoms with E-state index in [0.29, 0.717) is 6.61 Å². The molecule has 0 saturated heterocycles. The summed E-state index contributed by atoms with van der Waals surface area (Å²) in [4.78, 5) is 12.6. The first-order valence-corrected chi connectivity index (χ1v) is 8.41. The second kappa shape index (κ2) is 6.64. The average Bonchev–Trinajstić information content (AvgIpc) is 3.09. The maximum Gasteiger partial charge on any atom is 0.141 e. The number of ether oxygens (including phenoxy) is 1. The van der Waals surface area contributed by atoms with Crippen LogP contribution in [0.5, 0.6) is 0 Å². The van der Waals surface area contributed by atoms with Gasteiger partial charge in [0.25, 0.3) is 0 Å². The number of methoxy groups -OCH3 is 1. The smallest absolute Gasteiger partial charge is 0.141 e. The Kier molecular flexibility index (Phi) is 4.58. The van der Waals surface area contributed by atoms with Gasteiger partial charge in [-0.1, -0.05) is 0 Å². The maximum absolute atomic E-state index is 5.29. The molecule has 0 radical (unpaired) electrons. The lowest BCUT2D eigenvalue weighted by Crippen LogP contribution is -2.29. The van der Waals surface area contributed by atoms with Crippen LogP contribution in [0, 0.1) is 13.8 Å². The van der Waals surface area contributed by atoms with Crippen LogP contribution < -0.4 is 4.90 Å². The van der Waals surface area contributed by atoms with E-state index in [1.165, 1.54) is 5.56 Å². The number of rotatable bonds is 6. The third kappa shape index (κ3) is 3.20. The minimum atomic E-state index is 0.644. The molecule has 3 aromatic heterocycles. The molecule has 0 spiro atoms. The van der Waals surface area contributed by atoms with Gasteiger partial charge in [0, 0.05) is 26.9 Å². The third-order valence-corrected chi connectivity index (χ3v) is 4.84. The van der Waals surface area contributed by atoms with E-state index in [2.05, 4.69) is 27.3 Å². The van der Waals surface area contributed by atoms with Crippen molar-refractivity contribution in [3.05, 3.63) is 34.7 Å². The van der Waals surface area contributed by atoms with Crippen molar-refractivity contribution in [2.24, 2.45) is 7.05 Å². The van der Waals surface area contributed by atoms with Crippen LogP contribution in [0.15, 0.2) is 17.6 Å². The Bertz CT molecular complexity index is 810. The summed E-state index contributed by atoms with van der Waals surface area (Å²) in [6, 6.07) is 2.03. The molecule has 0 aromatic carbocycles. The van der Waals surface area contributed by atoms with E-state index in [1.54, 1.807) is 18.4 Å². The summed E-state index contributed by atoms with van der Waals surface area (Å²) in [7, 11) is 3.68. The van der Waals surface area contributed by atoms with Crippen molar-refractivity contribution < 1.29 is 4.74 Å². The summed E-state index contributed by atoms with van der Waals surface area (Å²) in [6.07, 6.45) is 1.82. The van der Waals surface area contributed by atoms with E-state index in [1.807, 2.05) is 30.9 Å². The van der Waals surface area contributed by atoms with Crippen LogP contribution in [0.1, 0.15) is 17.1 Å². The summed E-state index contributed by atoms with van der Waals surface area (Å²) in [5.41, 5.74) is 2.35. The van der Waals surface area contributed by atoms with Gasteiger partial charge in [-0.2, -0.15) is 5.10 Å². The molecular formula is C16H21N5OS. The van der Waals surface area contributed by atoms with Crippen molar-refractivity contribution in [1.29, 1.82) is 0 Å². The number of anilines is 1. The lowest BCUT2D eigenvalue weighted by atomic mass is 10.2. The van der Waals surface area contributed by atoms with Gasteiger partial charge in [-0.05, 0) is 30.9 Å². The zero-order valence-electron chi connectivity index (χ0n) is 13.9. The number of aryl methyl sites for hydroxylation is 3. The van der Waals surface area contributed by atoms with Crippen molar-refractivity contribution >= 4 is 27.4 Å². The lowest BCUT2D eigenvalue weighted by Gasteiger charge is -2.24. The molecule has 0 atom stereocenters. The monoisotopic (exact) mass is 331 g/mol. The van der Waals surface area contributed by atoms with Gasteiger partial charge in [-0.25, -0.2) is 9.97 Å². The summed E-state index contributed by atoms with van der Waals surface area (Å²) in [6.45, 7) is 6.20. The van der Waals surface area contributed by atoms with Crippen molar-refractivity contribution in [3.63, 3.8) is 0 Å². The zero-order chi connectivity index (χ0) is 16.4. The average molecular weight is 331 g/mol. The van der Waals surface area contributed by atoms with Gasteiger partial charge in [-0.15, -0.1) is 11.3 Å². The van der Waals surface area contributed by atoms with Crippen molar-refractivity contribution in [2.45, 2.75) is 20.4 Å². The van der Waals surface area contributed by atoms with Gasteiger partial charge in [0.2, 0.25) is 0 Å². The molecule has 0 N–H and O–H groups in total. The van der Waals surface area contributed by atoms with Gasteiger partial charge in [0.15, 0.2) is 0 Å². The predicted molar refractivity (Wildman–Crippen MR) is 93.0 cm³/mol. The number of nitrogens with zero attached hydrogens (tertiary/aromatic N) is 5. The van der Waals surface area contributed by atoms with Gasteiger partial charge in [0.05, 0.1) is 24.2 Å². The highest BCUT2D eigenvalue weighted by molar-refractivity contribution is 7.17. The fourth-order valence-electron chi connectivity index (χ4n) is 2.61. The van der Waals surface area contributed by atoms with Gasteiger partial charge in [0.1, 0.15) is 16.5 Å². The molecule has 0 aliphatic carbocycles. The number of fused-ring (bicyclic) bond motifs is 1. The normalized spacial score (nSPS) is 11.3. The Morgan fingerprint density at radius 1 is 1.30 bits per heavy atom. The van der Waals surface area contributed by atoms with Crippen LogP contribution in [0.3, 0.4) is 0 Å². The molecule has 0 aliphatic rings. The Labute approximate surface area is 139 Å². The topological polar surface area (TPSA) is 56.1 Å².